The predicted octanol–water partition coefficient (Wildman–Crippen LogP) is 0.818. The van der Waals surface area contributed by atoms with Crippen molar-refractivity contribution in [3.63, 3.8) is 0 Å². The highest BCUT2D eigenvalue weighted by Gasteiger charge is 2.33. The summed E-state index contributed by atoms with van der Waals surface area (Å²) in [6, 6.07) is 0. The summed E-state index contributed by atoms with van der Waals surface area (Å²) in [7, 11) is 0. The molecule has 14 heavy (non-hydrogen) atoms. The van der Waals surface area contributed by atoms with Gasteiger partial charge in [-0.2, -0.15) is 0 Å². The van der Waals surface area contributed by atoms with Crippen LogP contribution >= 0.6 is 0 Å². The summed E-state index contributed by atoms with van der Waals surface area (Å²) in [6.07, 6.45) is 5.74. The predicted molar refractivity (Wildman–Crippen MR) is 60.8 cm³/mol. The standard InChI is InChI=1S/C11H25N3/c1-11(14)5-4-10(8-13)9(7-11)3-2-6-12/h9-10H,2-8,12-14H2,1H3. The minimum Gasteiger partial charge on any atom is -0.330 e. The van der Waals surface area contributed by atoms with Crippen LogP contribution in [0.3, 0.4) is 0 Å². The Morgan fingerprint density at radius 2 is 2.00 bits per heavy atom. The lowest BCUT2D eigenvalue weighted by Gasteiger charge is -2.40. The molecule has 0 radical (unpaired) electrons. The summed E-state index contributed by atoms with van der Waals surface area (Å²) in [6.45, 7) is 3.76. The maximum Gasteiger partial charge on any atom is 0.0128 e. The minimum absolute atomic E-state index is 0.0327. The van der Waals surface area contributed by atoms with Gasteiger partial charge in [0.1, 0.15) is 0 Å². The molecular formula is C11H25N3. The molecule has 1 rings (SSSR count). The lowest BCUT2D eigenvalue weighted by Crippen LogP contribution is -2.45. The van der Waals surface area contributed by atoms with E-state index in [2.05, 4.69) is 6.92 Å². The van der Waals surface area contributed by atoms with Gasteiger partial charge in [0, 0.05) is 5.54 Å². The fraction of sp³-hybridized carbons (Fsp3) is 1.00. The Kier molecular flexibility index (Phi) is 4.35. The van der Waals surface area contributed by atoms with Crippen LogP contribution in [0.1, 0.15) is 39.0 Å². The van der Waals surface area contributed by atoms with Gasteiger partial charge in [-0.3, -0.25) is 0 Å². The highest BCUT2D eigenvalue weighted by molar-refractivity contribution is 4.90. The normalized spacial score (nSPS) is 38.6. The summed E-state index contributed by atoms with van der Waals surface area (Å²) >= 11 is 0. The molecule has 3 unspecified atom stereocenters. The van der Waals surface area contributed by atoms with E-state index in [9.17, 15) is 0 Å². The second-order valence-corrected chi connectivity index (χ2v) is 5.08. The van der Waals surface area contributed by atoms with Gasteiger partial charge in [-0.25, -0.2) is 0 Å². The molecule has 0 spiro atoms. The van der Waals surface area contributed by atoms with Crippen LogP contribution in [0.5, 0.6) is 0 Å². The lowest BCUT2D eigenvalue weighted by molar-refractivity contribution is 0.158. The van der Waals surface area contributed by atoms with Gasteiger partial charge in [-0.1, -0.05) is 0 Å². The zero-order valence-corrected chi connectivity index (χ0v) is 9.34. The molecule has 3 heteroatoms. The molecule has 1 fully saturated rings. The van der Waals surface area contributed by atoms with Crippen molar-refractivity contribution >= 4 is 0 Å². The average molecular weight is 199 g/mol. The quantitative estimate of drug-likeness (QED) is 0.627. The summed E-state index contributed by atoms with van der Waals surface area (Å²) in [4.78, 5) is 0. The van der Waals surface area contributed by atoms with Crippen LogP contribution in [0.15, 0.2) is 0 Å². The van der Waals surface area contributed by atoms with E-state index >= 15 is 0 Å². The van der Waals surface area contributed by atoms with E-state index < -0.39 is 0 Å². The molecule has 84 valence electrons. The van der Waals surface area contributed by atoms with E-state index in [4.69, 9.17) is 17.2 Å². The Hall–Kier alpha value is -0.120. The van der Waals surface area contributed by atoms with Crippen molar-refractivity contribution in [1.82, 2.24) is 0 Å². The minimum atomic E-state index is 0.0327. The highest BCUT2D eigenvalue weighted by Crippen LogP contribution is 2.36. The largest absolute Gasteiger partial charge is 0.330 e. The molecule has 0 saturated heterocycles. The average Bonchev–Trinajstić information content (AvgIpc) is 2.14. The van der Waals surface area contributed by atoms with Crippen molar-refractivity contribution in [2.45, 2.75) is 44.6 Å². The van der Waals surface area contributed by atoms with Gasteiger partial charge in [0.25, 0.3) is 0 Å². The highest BCUT2D eigenvalue weighted by atomic mass is 14.7. The number of hydrogen-bond acceptors (Lipinski definition) is 3. The Morgan fingerprint density at radius 3 is 2.57 bits per heavy atom. The third-order valence-corrected chi connectivity index (χ3v) is 3.56. The number of nitrogens with two attached hydrogens (primary N) is 3. The zero-order valence-electron chi connectivity index (χ0n) is 9.34. The van der Waals surface area contributed by atoms with Crippen LogP contribution < -0.4 is 17.2 Å². The van der Waals surface area contributed by atoms with Gasteiger partial charge in [0.15, 0.2) is 0 Å². The molecule has 3 nitrogen and oxygen atoms in total. The molecule has 0 aromatic heterocycles. The molecule has 0 aromatic carbocycles. The van der Waals surface area contributed by atoms with Crippen molar-refractivity contribution in [3.05, 3.63) is 0 Å². The summed E-state index contributed by atoms with van der Waals surface area (Å²) in [5, 5.41) is 0. The second-order valence-electron chi connectivity index (χ2n) is 5.08. The molecule has 1 aliphatic carbocycles. The van der Waals surface area contributed by atoms with E-state index in [1.165, 1.54) is 12.8 Å². The first-order chi connectivity index (χ1) is 6.59. The van der Waals surface area contributed by atoms with E-state index in [-0.39, 0.29) is 5.54 Å². The van der Waals surface area contributed by atoms with E-state index in [0.717, 1.165) is 32.4 Å². The maximum atomic E-state index is 6.18. The smallest absolute Gasteiger partial charge is 0.0128 e. The van der Waals surface area contributed by atoms with Crippen molar-refractivity contribution in [2.75, 3.05) is 13.1 Å². The first-order valence-corrected chi connectivity index (χ1v) is 5.78. The van der Waals surface area contributed by atoms with Crippen LogP contribution in [0.2, 0.25) is 0 Å². The second kappa shape index (κ2) is 5.10. The van der Waals surface area contributed by atoms with E-state index in [1.807, 2.05) is 0 Å². The molecule has 0 heterocycles. The zero-order chi connectivity index (χ0) is 10.6. The van der Waals surface area contributed by atoms with Gasteiger partial charge in [-0.05, 0) is 64.0 Å². The van der Waals surface area contributed by atoms with Crippen LogP contribution in [0, 0.1) is 11.8 Å². The molecule has 0 aromatic rings. The van der Waals surface area contributed by atoms with Crippen molar-refractivity contribution < 1.29 is 0 Å². The fourth-order valence-electron chi connectivity index (χ4n) is 2.65. The molecule has 0 aliphatic heterocycles. The summed E-state index contributed by atoms with van der Waals surface area (Å²) in [5.74, 6) is 1.38. The lowest BCUT2D eigenvalue weighted by atomic mass is 9.69. The van der Waals surface area contributed by atoms with Crippen LogP contribution in [-0.4, -0.2) is 18.6 Å². The molecular weight excluding hydrogens is 174 g/mol. The van der Waals surface area contributed by atoms with Gasteiger partial charge < -0.3 is 17.2 Å². The van der Waals surface area contributed by atoms with Crippen molar-refractivity contribution in [2.24, 2.45) is 29.0 Å². The first kappa shape index (κ1) is 12.0. The third kappa shape index (κ3) is 3.23. The monoisotopic (exact) mass is 199 g/mol. The SMILES string of the molecule is CC1(N)CCC(CN)C(CCCN)C1. The molecule has 1 saturated carbocycles. The molecule has 0 bridgehead atoms. The van der Waals surface area contributed by atoms with Gasteiger partial charge in [0.2, 0.25) is 0 Å². The van der Waals surface area contributed by atoms with Crippen LogP contribution in [-0.2, 0) is 0 Å². The van der Waals surface area contributed by atoms with Crippen molar-refractivity contribution in [3.8, 4) is 0 Å². The van der Waals surface area contributed by atoms with Crippen LogP contribution in [0.25, 0.3) is 0 Å². The topological polar surface area (TPSA) is 78.1 Å². The molecule has 3 atom stereocenters. The summed E-state index contributed by atoms with van der Waals surface area (Å²) in [5.41, 5.74) is 17.5. The number of rotatable bonds is 4. The summed E-state index contributed by atoms with van der Waals surface area (Å²) < 4.78 is 0. The van der Waals surface area contributed by atoms with Gasteiger partial charge in [0.05, 0.1) is 0 Å². The molecule has 0 amide bonds. The van der Waals surface area contributed by atoms with E-state index in [0.29, 0.717) is 11.8 Å². The van der Waals surface area contributed by atoms with Crippen molar-refractivity contribution in [1.29, 1.82) is 0 Å². The van der Waals surface area contributed by atoms with Gasteiger partial charge in [-0.15, -0.1) is 0 Å². The first-order valence-electron chi connectivity index (χ1n) is 5.78. The number of hydrogen-bond donors (Lipinski definition) is 3. The van der Waals surface area contributed by atoms with Crippen LogP contribution in [0.4, 0.5) is 0 Å². The van der Waals surface area contributed by atoms with E-state index in [1.54, 1.807) is 0 Å². The Bertz CT molecular complexity index is 168. The van der Waals surface area contributed by atoms with Gasteiger partial charge >= 0.3 is 0 Å². The Balaban J connectivity index is 2.47. The Morgan fingerprint density at radius 1 is 1.29 bits per heavy atom. The molecule has 1 aliphatic rings. The maximum absolute atomic E-state index is 6.18. The fourth-order valence-corrected chi connectivity index (χ4v) is 2.65. The molecule has 6 N–H and O–H groups in total. The third-order valence-electron chi connectivity index (χ3n) is 3.56. The Labute approximate surface area is 87.4 Å².